The van der Waals surface area contributed by atoms with Crippen molar-refractivity contribution in [2.45, 2.75) is 71.2 Å². The predicted octanol–water partition coefficient (Wildman–Crippen LogP) is 7.59. The Balaban J connectivity index is 1.04. The number of anilines is 1. The number of hydrogen-bond donors (Lipinski definition) is 3. The molecule has 51 heavy (non-hydrogen) atoms. The van der Waals surface area contributed by atoms with Gasteiger partial charge in [0.1, 0.15) is 11.3 Å². The van der Waals surface area contributed by atoms with E-state index in [1.807, 2.05) is 86.2 Å². The van der Waals surface area contributed by atoms with E-state index in [9.17, 15) is 9.59 Å². The van der Waals surface area contributed by atoms with E-state index in [1.54, 1.807) is 11.1 Å². The molecule has 2 aromatic heterocycles. The van der Waals surface area contributed by atoms with Crippen molar-refractivity contribution in [1.29, 1.82) is 0 Å². The van der Waals surface area contributed by atoms with Crippen molar-refractivity contribution < 1.29 is 19.1 Å². The lowest BCUT2D eigenvalue weighted by Gasteiger charge is -2.27. The summed E-state index contributed by atoms with van der Waals surface area (Å²) in [7, 11) is 0. The molecule has 5 aromatic rings. The standard InChI is InChI=1S/C38H45ClN8O4/c1-38(2,3)51-37(49)46(25-26-13-14-29(31(39)20-26)27-10-5-4-6-11-27)18-15-35(48)41-17-9-16-40-32-21-28(33-24-42-45-44-33)22-34-30(32)23-43-47(34)36-12-7-8-19-50-36/h4-6,10-11,13-14,20-24,36,40H,7-9,12,15-19,25H2,1-3H3,(H,41,48)(H,42,44,45). The number of nitrogens with one attached hydrogen (secondary N) is 3. The van der Waals surface area contributed by atoms with Gasteiger partial charge in [0.05, 0.1) is 17.9 Å². The highest BCUT2D eigenvalue weighted by Gasteiger charge is 2.24. The van der Waals surface area contributed by atoms with Crippen molar-refractivity contribution in [2.24, 2.45) is 0 Å². The lowest BCUT2D eigenvalue weighted by Crippen LogP contribution is -2.39. The third-order valence-corrected chi connectivity index (χ3v) is 8.91. The number of nitrogens with zero attached hydrogens (tertiary/aromatic N) is 5. The molecule has 0 bridgehead atoms. The molecule has 0 radical (unpaired) electrons. The molecule has 6 rings (SSSR count). The van der Waals surface area contributed by atoms with E-state index in [-0.39, 0.29) is 31.6 Å². The van der Waals surface area contributed by atoms with Crippen molar-refractivity contribution in [1.82, 2.24) is 35.4 Å². The van der Waals surface area contributed by atoms with Crippen LogP contribution >= 0.6 is 11.6 Å². The first kappa shape index (κ1) is 35.9. The predicted molar refractivity (Wildman–Crippen MR) is 198 cm³/mol. The Bertz CT molecular complexity index is 1920. The molecule has 13 heteroatoms. The van der Waals surface area contributed by atoms with Crippen molar-refractivity contribution >= 4 is 40.2 Å². The van der Waals surface area contributed by atoms with E-state index in [1.165, 1.54) is 0 Å². The number of ether oxygens (including phenoxy) is 2. The zero-order chi connectivity index (χ0) is 35.8. The zero-order valence-electron chi connectivity index (χ0n) is 29.3. The molecule has 12 nitrogen and oxygen atoms in total. The molecular weight excluding hydrogens is 668 g/mol. The van der Waals surface area contributed by atoms with E-state index in [0.29, 0.717) is 24.5 Å². The number of H-pyrrole nitrogens is 1. The largest absolute Gasteiger partial charge is 0.444 e. The number of benzene rings is 3. The second-order valence-corrected chi connectivity index (χ2v) is 14.1. The molecule has 0 aliphatic carbocycles. The second kappa shape index (κ2) is 16.4. The molecule has 3 N–H and O–H groups in total. The molecule has 1 saturated heterocycles. The Morgan fingerprint density at radius 2 is 1.90 bits per heavy atom. The van der Waals surface area contributed by atoms with Gasteiger partial charge in [-0.05, 0) is 75.8 Å². The van der Waals surface area contributed by atoms with Crippen molar-refractivity contribution in [3.63, 3.8) is 0 Å². The number of carbonyl (C=O) groups excluding carboxylic acids is 2. The van der Waals surface area contributed by atoms with E-state index in [4.69, 9.17) is 26.2 Å². The first-order chi connectivity index (χ1) is 24.6. The van der Waals surface area contributed by atoms with Crippen LogP contribution in [0.1, 0.15) is 64.7 Å². The van der Waals surface area contributed by atoms with Crippen LogP contribution in [0, 0.1) is 0 Å². The highest BCUT2D eigenvalue weighted by molar-refractivity contribution is 6.33. The lowest BCUT2D eigenvalue weighted by atomic mass is 10.0. The van der Waals surface area contributed by atoms with Gasteiger partial charge in [0.15, 0.2) is 6.23 Å². The molecule has 2 amide bonds. The summed E-state index contributed by atoms with van der Waals surface area (Å²) in [5.41, 5.74) is 5.61. The summed E-state index contributed by atoms with van der Waals surface area (Å²) in [4.78, 5) is 27.7. The van der Waals surface area contributed by atoms with Gasteiger partial charge in [-0.25, -0.2) is 9.48 Å². The fraction of sp³-hybridized carbons (Fsp3) is 0.395. The van der Waals surface area contributed by atoms with E-state index in [2.05, 4.69) is 32.1 Å². The number of fused-ring (bicyclic) bond motifs is 1. The van der Waals surface area contributed by atoms with Gasteiger partial charge >= 0.3 is 6.09 Å². The monoisotopic (exact) mass is 712 g/mol. The molecule has 1 unspecified atom stereocenters. The number of amides is 2. The number of carbonyl (C=O) groups is 2. The van der Waals surface area contributed by atoms with Gasteiger partial charge in [0.2, 0.25) is 5.91 Å². The van der Waals surface area contributed by atoms with Crippen LogP contribution in [0.25, 0.3) is 33.3 Å². The average molecular weight is 713 g/mol. The topological polar surface area (TPSA) is 139 Å². The Kier molecular flexibility index (Phi) is 11.5. The molecule has 3 heterocycles. The van der Waals surface area contributed by atoms with Crippen molar-refractivity contribution in [2.75, 3.05) is 31.6 Å². The maximum Gasteiger partial charge on any atom is 0.410 e. The van der Waals surface area contributed by atoms with Crippen LogP contribution in [-0.4, -0.2) is 73.9 Å². The third kappa shape index (κ3) is 9.44. The van der Waals surface area contributed by atoms with Crippen LogP contribution in [0.3, 0.4) is 0 Å². The van der Waals surface area contributed by atoms with Crippen LogP contribution in [0.4, 0.5) is 10.5 Å². The van der Waals surface area contributed by atoms with Gasteiger partial charge in [-0.1, -0.05) is 54.1 Å². The summed E-state index contributed by atoms with van der Waals surface area (Å²) in [6, 6.07) is 19.8. The molecule has 1 fully saturated rings. The summed E-state index contributed by atoms with van der Waals surface area (Å²) in [6.45, 7) is 7.73. The third-order valence-electron chi connectivity index (χ3n) is 8.60. The summed E-state index contributed by atoms with van der Waals surface area (Å²) in [5.74, 6) is -0.148. The van der Waals surface area contributed by atoms with Crippen molar-refractivity contribution in [3.8, 4) is 22.4 Å². The number of aromatic amines is 1. The molecule has 0 saturated carbocycles. The number of aromatic nitrogens is 5. The maximum absolute atomic E-state index is 13.2. The molecule has 1 atom stereocenters. The summed E-state index contributed by atoms with van der Waals surface area (Å²) in [6.07, 6.45) is 6.86. The molecule has 268 valence electrons. The fourth-order valence-corrected chi connectivity index (χ4v) is 6.39. The maximum atomic E-state index is 13.2. The normalized spacial score (nSPS) is 14.7. The van der Waals surface area contributed by atoms with Crippen LogP contribution in [-0.2, 0) is 20.8 Å². The molecule has 3 aromatic carbocycles. The van der Waals surface area contributed by atoms with E-state index < -0.39 is 11.7 Å². The first-order valence-electron chi connectivity index (χ1n) is 17.5. The smallest absolute Gasteiger partial charge is 0.410 e. The van der Waals surface area contributed by atoms with Crippen LogP contribution in [0.5, 0.6) is 0 Å². The van der Waals surface area contributed by atoms with Gasteiger partial charge in [0, 0.05) is 66.4 Å². The van der Waals surface area contributed by atoms with Crippen molar-refractivity contribution in [3.05, 3.63) is 83.6 Å². The zero-order valence-corrected chi connectivity index (χ0v) is 30.1. The SMILES string of the molecule is CC(C)(C)OC(=O)N(CCC(=O)NCCCNc1cc(-c2cn[nH]n2)cc2c1cnn2C1CCCCO1)Cc1ccc(-c2ccccc2)c(Cl)c1. The van der Waals surface area contributed by atoms with Crippen LogP contribution < -0.4 is 10.6 Å². The van der Waals surface area contributed by atoms with E-state index >= 15 is 0 Å². The highest BCUT2D eigenvalue weighted by atomic mass is 35.5. The Morgan fingerprint density at radius 1 is 1.06 bits per heavy atom. The fourth-order valence-electron chi connectivity index (χ4n) is 6.08. The Hall–Kier alpha value is -4.94. The van der Waals surface area contributed by atoms with E-state index in [0.717, 1.165) is 70.4 Å². The minimum atomic E-state index is -0.679. The van der Waals surface area contributed by atoms with Gasteiger partial charge in [0.25, 0.3) is 0 Å². The summed E-state index contributed by atoms with van der Waals surface area (Å²) >= 11 is 6.66. The van der Waals surface area contributed by atoms with Gasteiger partial charge < -0.3 is 25.0 Å². The quantitative estimate of drug-likeness (QED) is 0.106. The second-order valence-electron chi connectivity index (χ2n) is 13.7. The minimum absolute atomic E-state index is 0.101. The van der Waals surface area contributed by atoms with Crippen LogP contribution in [0.15, 0.2) is 73.1 Å². The lowest BCUT2D eigenvalue weighted by molar-refractivity contribution is -0.121. The minimum Gasteiger partial charge on any atom is -0.444 e. The van der Waals surface area contributed by atoms with Gasteiger partial charge in [-0.15, -0.1) is 0 Å². The number of hydrogen-bond acceptors (Lipinski definition) is 8. The summed E-state index contributed by atoms with van der Waals surface area (Å²) < 4.78 is 13.7. The first-order valence-corrected chi connectivity index (χ1v) is 17.8. The van der Waals surface area contributed by atoms with Crippen LogP contribution in [0.2, 0.25) is 5.02 Å². The molecule has 0 spiro atoms. The molecule has 1 aliphatic rings. The van der Waals surface area contributed by atoms with Gasteiger partial charge in [-0.3, -0.25) is 4.79 Å². The van der Waals surface area contributed by atoms with Gasteiger partial charge in [-0.2, -0.15) is 20.5 Å². The molecule has 1 aliphatic heterocycles. The Morgan fingerprint density at radius 3 is 2.63 bits per heavy atom. The Labute approximate surface area is 302 Å². The number of halogens is 1. The average Bonchev–Trinajstić information content (AvgIpc) is 3.81. The summed E-state index contributed by atoms with van der Waals surface area (Å²) in [5, 5.41) is 23.7. The highest BCUT2D eigenvalue weighted by Crippen LogP contribution is 2.34. The number of rotatable bonds is 13. The molecular formula is C38H45ClN8O4.